The van der Waals surface area contributed by atoms with Crippen molar-refractivity contribution in [1.82, 2.24) is 4.98 Å². The number of hydrogen-bond acceptors (Lipinski definition) is 4. The second kappa shape index (κ2) is 7.90. The molecular weight excluding hydrogens is 408 g/mol. The first kappa shape index (κ1) is 21.8. The number of nitrogens with one attached hydrogen (secondary N) is 1. The number of allylic oxidation sites excluding steroid dienone is 2. The van der Waals surface area contributed by atoms with Crippen molar-refractivity contribution in [2.75, 3.05) is 5.32 Å². The van der Waals surface area contributed by atoms with E-state index >= 15 is 0 Å². The van der Waals surface area contributed by atoms with Crippen molar-refractivity contribution < 1.29 is 14.7 Å². The molecule has 4 atom stereocenters. The van der Waals surface area contributed by atoms with Gasteiger partial charge in [-0.25, -0.2) is 4.98 Å². The predicted molar refractivity (Wildman–Crippen MR) is 124 cm³/mol. The third-order valence-corrected chi connectivity index (χ3v) is 7.55. The van der Waals surface area contributed by atoms with Crippen LogP contribution in [0.5, 0.6) is 0 Å². The zero-order valence-corrected chi connectivity index (χ0v) is 19.5. The van der Waals surface area contributed by atoms with Crippen LogP contribution in [0.3, 0.4) is 0 Å². The second-order valence-corrected chi connectivity index (χ2v) is 10.8. The molecule has 0 radical (unpaired) electrons. The van der Waals surface area contributed by atoms with Gasteiger partial charge in [0.2, 0.25) is 5.91 Å². The topological polar surface area (TPSA) is 79.3 Å². The smallest absolute Gasteiger partial charge is 0.307 e. The fourth-order valence-electron chi connectivity index (χ4n) is 5.40. The third kappa shape index (κ3) is 3.93. The molecule has 0 spiro atoms. The highest BCUT2D eigenvalue weighted by Gasteiger charge is 2.57. The first-order chi connectivity index (χ1) is 14.6. The number of carboxylic acids is 1. The van der Waals surface area contributed by atoms with E-state index in [-0.39, 0.29) is 23.2 Å². The summed E-state index contributed by atoms with van der Waals surface area (Å²) in [5, 5.41) is 15.2. The van der Waals surface area contributed by atoms with Gasteiger partial charge < -0.3 is 10.4 Å². The average Bonchev–Trinajstić information content (AvgIpc) is 3.40. The summed E-state index contributed by atoms with van der Waals surface area (Å²) in [6.07, 6.45) is 1.74. The Bertz CT molecular complexity index is 1040. The summed E-state index contributed by atoms with van der Waals surface area (Å²) < 4.78 is 0. The van der Waals surface area contributed by atoms with Crippen LogP contribution in [-0.2, 0) is 15.0 Å². The maximum Gasteiger partial charge on any atom is 0.307 e. The molecule has 2 aliphatic carbocycles. The highest BCUT2D eigenvalue weighted by atomic mass is 32.1. The van der Waals surface area contributed by atoms with Crippen molar-refractivity contribution in [2.24, 2.45) is 23.7 Å². The van der Waals surface area contributed by atoms with E-state index in [0.717, 1.165) is 29.7 Å². The number of hydrogen-bond donors (Lipinski definition) is 2. The first-order valence-corrected chi connectivity index (χ1v) is 11.7. The molecule has 2 N–H and O–H groups in total. The minimum absolute atomic E-state index is 0.0172. The number of rotatable bonds is 4. The molecule has 4 rings (SSSR count). The van der Waals surface area contributed by atoms with Crippen LogP contribution in [0.1, 0.15) is 53.0 Å². The van der Waals surface area contributed by atoms with Gasteiger partial charge in [-0.15, -0.1) is 11.3 Å². The minimum atomic E-state index is -0.870. The Kier molecular flexibility index (Phi) is 5.54. The van der Waals surface area contributed by atoms with Crippen molar-refractivity contribution >= 4 is 28.3 Å². The van der Waals surface area contributed by atoms with Gasteiger partial charge in [-0.2, -0.15) is 0 Å². The summed E-state index contributed by atoms with van der Waals surface area (Å²) >= 11 is 1.38. The van der Waals surface area contributed by atoms with Crippen LogP contribution in [0, 0.1) is 23.7 Å². The number of anilines is 1. The third-order valence-electron chi connectivity index (χ3n) is 6.79. The van der Waals surface area contributed by atoms with Crippen molar-refractivity contribution in [3.05, 3.63) is 46.4 Å². The highest BCUT2D eigenvalue weighted by Crippen LogP contribution is 2.57. The molecule has 1 amide bonds. The van der Waals surface area contributed by atoms with Crippen LogP contribution in [0.4, 0.5) is 5.13 Å². The molecule has 0 unspecified atom stereocenters. The lowest BCUT2D eigenvalue weighted by Gasteiger charge is -2.25. The Labute approximate surface area is 187 Å². The van der Waals surface area contributed by atoms with E-state index in [4.69, 9.17) is 0 Å². The SMILES string of the molecule is CC(C)=C1[C@H]2CC[C@H]1[C@@H](C(=O)O)[C@H]2C(=O)Nc1nc(-c2ccc(C(C)(C)C)cc2)cs1. The van der Waals surface area contributed by atoms with E-state index in [9.17, 15) is 14.7 Å². The average molecular weight is 439 g/mol. The van der Waals surface area contributed by atoms with E-state index < -0.39 is 17.8 Å². The lowest BCUT2D eigenvalue weighted by Crippen LogP contribution is -2.37. The van der Waals surface area contributed by atoms with Gasteiger partial charge in [0.15, 0.2) is 5.13 Å². The molecule has 6 heteroatoms. The first-order valence-electron chi connectivity index (χ1n) is 10.9. The molecule has 164 valence electrons. The van der Waals surface area contributed by atoms with Crippen molar-refractivity contribution in [1.29, 1.82) is 0 Å². The fraction of sp³-hybridized carbons (Fsp3) is 0.480. The predicted octanol–water partition coefficient (Wildman–Crippen LogP) is 5.74. The molecule has 1 aromatic carbocycles. The standard InChI is InChI=1S/C25H30N2O3S/c1-13(2)19-16-10-11-17(19)21(23(29)30)20(16)22(28)27-24-26-18(12-31-24)14-6-8-15(9-7-14)25(3,4)5/h6-9,12,16-17,20-21H,10-11H2,1-5H3,(H,29,30)(H,26,27,28)/t16-,17-,20+,21-/m1/s1. The van der Waals surface area contributed by atoms with Gasteiger partial charge in [-0.3, -0.25) is 9.59 Å². The maximum absolute atomic E-state index is 13.2. The summed E-state index contributed by atoms with van der Waals surface area (Å²) in [4.78, 5) is 29.8. The monoisotopic (exact) mass is 438 g/mol. The van der Waals surface area contributed by atoms with Crippen molar-refractivity contribution in [3.63, 3.8) is 0 Å². The normalized spacial score (nSPS) is 25.0. The number of aromatic nitrogens is 1. The molecule has 2 saturated carbocycles. The zero-order chi connectivity index (χ0) is 22.5. The molecule has 1 aromatic heterocycles. The summed E-state index contributed by atoms with van der Waals surface area (Å²) in [7, 11) is 0. The molecule has 5 nitrogen and oxygen atoms in total. The second-order valence-electron chi connectivity index (χ2n) is 9.99. The number of aliphatic carboxylic acids is 1. The Balaban J connectivity index is 1.53. The van der Waals surface area contributed by atoms with Gasteiger partial charge in [0.25, 0.3) is 0 Å². The Morgan fingerprint density at radius 3 is 2.23 bits per heavy atom. The van der Waals surface area contributed by atoms with Crippen molar-refractivity contribution in [2.45, 2.75) is 52.9 Å². The largest absolute Gasteiger partial charge is 0.481 e. The van der Waals surface area contributed by atoms with E-state index in [1.54, 1.807) is 0 Å². The number of benzene rings is 1. The summed E-state index contributed by atoms with van der Waals surface area (Å²) in [5.41, 5.74) is 5.50. The summed E-state index contributed by atoms with van der Waals surface area (Å²) in [5.74, 6) is -2.25. The van der Waals surface area contributed by atoms with Crippen LogP contribution in [0.2, 0.25) is 0 Å². The van der Waals surface area contributed by atoms with E-state index in [2.05, 4.69) is 55.3 Å². The Morgan fingerprint density at radius 2 is 1.68 bits per heavy atom. The molecule has 2 aromatic rings. The number of carbonyl (C=O) groups is 2. The number of amides is 1. The van der Waals surface area contributed by atoms with Crippen LogP contribution in [0.25, 0.3) is 11.3 Å². The van der Waals surface area contributed by atoms with Crippen LogP contribution >= 0.6 is 11.3 Å². The number of carbonyl (C=O) groups excluding carboxylic acids is 1. The quantitative estimate of drug-likeness (QED) is 0.597. The Hall–Kier alpha value is -2.47. The van der Waals surface area contributed by atoms with Crippen LogP contribution < -0.4 is 5.32 Å². The number of nitrogens with zero attached hydrogens (tertiary/aromatic N) is 1. The molecular formula is C25H30N2O3S. The number of thiazole rings is 1. The van der Waals surface area contributed by atoms with E-state index in [1.807, 2.05) is 19.2 Å². The van der Waals surface area contributed by atoms with Gasteiger partial charge in [-0.1, -0.05) is 56.2 Å². The van der Waals surface area contributed by atoms with Crippen molar-refractivity contribution in [3.8, 4) is 11.3 Å². The molecule has 2 aliphatic rings. The minimum Gasteiger partial charge on any atom is -0.481 e. The molecule has 0 aliphatic heterocycles. The van der Waals surface area contributed by atoms with Gasteiger partial charge in [0.1, 0.15) is 0 Å². The highest BCUT2D eigenvalue weighted by molar-refractivity contribution is 7.14. The molecule has 2 bridgehead atoms. The molecule has 1 heterocycles. The van der Waals surface area contributed by atoms with Crippen LogP contribution in [0.15, 0.2) is 40.8 Å². The lowest BCUT2D eigenvalue weighted by atomic mass is 9.79. The van der Waals surface area contributed by atoms with E-state index in [0.29, 0.717) is 5.13 Å². The number of fused-ring (bicyclic) bond motifs is 2. The fourth-order valence-corrected chi connectivity index (χ4v) is 6.12. The Morgan fingerprint density at radius 1 is 1.06 bits per heavy atom. The summed E-state index contributed by atoms with van der Waals surface area (Å²) in [6, 6.07) is 8.33. The van der Waals surface area contributed by atoms with Crippen LogP contribution in [-0.4, -0.2) is 22.0 Å². The zero-order valence-electron chi connectivity index (χ0n) is 18.7. The van der Waals surface area contributed by atoms with Gasteiger partial charge >= 0.3 is 5.97 Å². The molecule has 2 fully saturated rings. The van der Waals surface area contributed by atoms with Gasteiger partial charge in [0, 0.05) is 10.9 Å². The van der Waals surface area contributed by atoms with Gasteiger partial charge in [-0.05, 0) is 49.5 Å². The van der Waals surface area contributed by atoms with Gasteiger partial charge in [0.05, 0.1) is 17.5 Å². The maximum atomic E-state index is 13.2. The number of carboxylic acid groups (broad SMARTS) is 1. The molecule has 31 heavy (non-hydrogen) atoms. The summed E-state index contributed by atoms with van der Waals surface area (Å²) in [6.45, 7) is 10.6. The van der Waals surface area contributed by atoms with E-state index in [1.165, 1.54) is 22.5 Å². The lowest BCUT2D eigenvalue weighted by molar-refractivity contribution is -0.148. The molecule has 0 saturated heterocycles.